The van der Waals surface area contributed by atoms with Crippen molar-refractivity contribution in [2.75, 3.05) is 6.54 Å². The second kappa shape index (κ2) is 4.77. The average Bonchev–Trinajstić information content (AvgIpc) is 2.67. The Morgan fingerprint density at radius 3 is 2.56 bits per heavy atom. The third-order valence-corrected chi connectivity index (χ3v) is 3.27. The predicted molar refractivity (Wildman–Crippen MR) is 77.0 cm³/mol. The molecule has 0 amide bonds. The molecule has 18 heavy (non-hydrogen) atoms. The zero-order valence-corrected chi connectivity index (χ0v) is 12.1. The highest BCUT2D eigenvalue weighted by Gasteiger charge is 2.20. The third kappa shape index (κ3) is 2.44. The van der Waals surface area contributed by atoms with Crippen LogP contribution in [0.2, 0.25) is 0 Å². The van der Waals surface area contributed by atoms with Gasteiger partial charge in [0.2, 0.25) is 0 Å². The number of furan rings is 1. The maximum Gasteiger partial charge on any atom is 0.137 e. The van der Waals surface area contributed by atoms with Crippen LogP contribution in [-0.4, -0.2) is 6.54 Å². The van der Waals surface area contributed by atoms with Gasteiger partial charge in [0, 0.05) is 23.1 Å². The lowest BCUT2D eigenvalue weighted by molar-refractivity contribution is 0.555. The normalized spacial score (nSPS) is 12.3. The number of hydrogen-bond donors (Lipinski definition) is 1. The van der Waals surface area contributed by atoms with Gasteiger partial charge in [0.1, 0.15) is 5.58 Å². The van der Waals surface area contributed by atoms with Gasteiger partial charge in [0.25, 0.3) is 0 Å². The zero-order valence-electron chi connectivity index (χ0n) is 12.1. The molecule has 1 aromatic carbocycles. The highest BCUT2D eigenvalue weighted by atomic mass is 16.3. The van der Waals surface area contributed by atoms with E-state index < -0.39 is 0 Å². The summed E-state index contributed by atoms with van der Waals surface area (Å²) in [6, 6.07) is 4.46. The van der Waals surface area contributed by atoms with Crippen molar-refractivity contribution < 1.29 is 4.42 Å². The van der Waals surface area contributed by atoms with Gasteiger partial charge >= 0.3 is 0 Å². The largest absolute Gasteiger partial charge is 0.464 e. The quantitative estimate of drug-likeness (QED) is 0.878. The maximum atomic E-state index is 5.82. The summed E-state index contributed by atoms with van der Waals surface area (Å²) >= 11 is 0. The Labute approximate surface area is 109 Å². The SMILES string of the molecule is CCNCc1coc2c(C(C)(C)C)cc(C)cc12. The number of fused-ring (bicyclic) bond motifs is 1. The van der Waals surface area contributed by atoms with E-state index in [4.69, 9.17) is 4.42 Å². The van der Waals surface area contributed by atoms with Gasteiger partial charge in [-0.3, -0.25) is 0 Å². The summed E-state index contributed by atoms with van der Waals surface area (Å²) in [6.45, 7) is 12.8. The highest BCUT2D eigenvalue weighted by molar-refractivity contribution is 5.85. The first kappa shape index (κ1) is 13.2. The minimum Gasteiger partial charge on any atom is -0.464 e. The van der Waals surface area contributed by atoms with Crippen molar-refractivity contribution in [3.63, 3.8) is 0 Å². The molecule has 1 aromatic heterocycles. The fraction of sp³-hybridized carbons (Fsp3) is 0.500. The number of rotatable bonds is 3. The molecule has 1 heterocycles. The molecule has 0 saturated carbocycles. The van der Waals surface area contributed by atoms with Crippen LogP contribution in [0.3, 0.4) is 0 Å². The van der Waals surface area contributed by atoms with Gasteiger partial charge in [-0.05, 0) is 30.5 Å². The van der Waals surface area contributed by atoms with Crippen LogP contribution in [0.5, 0.6) is 0 Å². The van der Waals surface area contributed by atoms with Crippen LogP contribution in [0.4, 0.5) is 0 Å². The van der Waals surface area contributed by atoms with Gasteiger partial charge in [-0.1, -0.05) is 33.8 Å². The monoisotopic (exact) mass is 245 g/mol. The van der Waals surface area contributed by atoms with E-state index in [9.17, 15) is 0 Å². The molecular weight excluding hydrogens is 222 g/mol. The summed E-state index contributed by atoms with van der Waals surface area (Å²) in [5.41, 5.74) is 4.99. The summed E-state index contributed by atoms with van der Waals surface area (Å²) in [5.74, 6) is 0. The smallest absolute Gasteiger partial charge is 0.137 e. The minimum atomic E-state index is 0.109. The summed E-state index contributed by atoms with van der Waals surface area (Å²) in [5, 5.41) is 4.61. The fourth-order valence-electron chi connectivity index (χ4n) is 2.29. The molecule has 2 heteroatoms. The Morgan fingerprint density at radius 2 is 1.94 bits per heavy atom. The molecule has 2 rings (SSSR count). The Kier molecular flexibility index (Phi) is 3.49. The number of nitrogens with one attached hydrogen (secondary N) is 1. The Hall–Kier alpha value is -1.28. The predicted octanol–water partition coefficient (Wildman–Crippen LogP) is 4.15. The van der Waals surface area contributed by atoms with E-state index in [-0.39, 0.29) is 5.41 Å². The molecule has 2 nitrogen and oxygen atoms in total. The van der Waals surface area contributed by atoms with Crippen molar-refractivity contribution in [2.24, 2.45) is 0 Å². The average molecular weight is 245 g/mol. The summed E-state index contributed by atoms with van der Waals surface area (Å²) in [7, 11) is 0. The van der Waals surface area contributed by atoms with Crippen LogP contribution in [0.15, 0.2) is 22.8 Å². The second-order valence-corrected chi connectivity index (χ2v) is 5.98. The van der Waals surface area contributed by atoms with Crippen molar-refractivity contribution in [1.82, 2.24) is 5.32 Å². The van der Waals surface area contributed by atoms with Crippen molar-refractivity contribution in [2.45, 2.75) is 46.6 Å². The van der Waals surface area contributed by atoms with E-state index in [1.165, 1.54) is 22.1 Å². The minimum absolute atomic E-state index is 0.109. The van der Waals surface area contributed by atoms with E-state index >= 15 is 0 Å². The van der Waals surface area contributed by atoms with Gasteiger partial charge in [-0.2, -0.15) is 0 Å². The molecule has 0 fully saturated rings. The Morgan fingerprint density at radius 1 is 1.22 bits per heavy atom. The van der Waals surface area contributed by atoms with E-state index in [1.54, 1.807) is 0 Å². The third-order valence-electron chi connectivity index (χ3n) is 3.27. The standard InChI is InChI=1S/C16H23NO/c1-6-17-9-12-10-18-15-13(12)7-11(2)8-14(15)16(3,4)5/h7-8,10,17H,6,9H2,1-5H3. The van der Waals surface area contributed by atoms with Crippen molar-refractivity contribution >= 4 is 11.0 Å². The van der Waals surface area contributed by atoms with Gasteiger partial charge in [-0.25, -0.2) is 0 Å². The van der Waals surface area contributed by atoms with E-state index in [1.807, 2.05) is 6.26 Å². The molecule has 0 unspecified atom stereocenters. The maximum absolute atomic E-state index is 5.82. The first-order chi connectivity index (χ1) is 8.43. The van der Waals surface area contributed by atoms with Crippen LogP contribution in [0.25, 0.3) is 11.0 Å². The Bertz CT molecular complexity index is 546. The molecule has 0 bridgehead atoms. The first-order valence-electron chi connectivity index (χ1n) is 6.65. The van der Waals surface area contributed by atoms with Gasteiger partial charge in [0.15, 0.2) is 0 Å². The lowest BCUT2D eigenvalue weighted by Gasteiger charge is -2.20. The van der Waals surface area contributed by atoms with Gasteiger partial charge in [-0.15, -0.1) is 0 Å². The van der Waals surface area contributed by atoms with Crippen LogP contribution in [0, 0.1) is 6.92 Å². The van der Waals surface area contributed by atoms with Gasteiger partial charge in [0.05, 0.1) is 6.26 Å². The molecule has 0 aliphatic heterocycles. The highest BCUT2D eigenvalue weighted by Crippen LogP contribution is 2.33. The molecule has 0 saturated heterocycles. The number of hydrogen-bond acceptors (Lipinski definition) is 2. The van der Waals surface area contributed by atoms with E-state index in [0.29, 0.717) is 0 Å². The lowest BCUT2D eigenvalue weighted by Crippen LogP contribution is -2.12. The molecule has 0 aliphatic carbocycles. The van der Waals surface area contributed by atoms with Crippen LogP contribution < -0.4 is 5.32 Å². The lowest BCUT2D eigenvalue weighted by atomic mass is 9.85. The summed E-state index contributed by atoms with van der Waals surface area (Å²) in [4.78, 5) is 0. The zero-order chi connectivity index (χ0) is 13.3. The molecule has 0 aliphatic rings. The molecule has 1 N–H and O–H groups in total. The van der Waals surface area contributed by atoms with Crippen molar-refractivity contribution in [3.05, 3.63) is 35.1 Å². The molecular formula is C16H23NO. The molecule has 0 spiro atoms. The topological polar surface area (TPSA) is 25.2 Å². The van der Waals surface area contributed by atoms with Gasteiger partial charge < -0.3 is 9.73 Å². The molecule has 0 radical (unpaired) electrons. The van der Waals surface area contributed by atoms with E-state index in [0.717, 1.165) is 18.7 Å². The van der Waals surface area contributed by atoms with Crippen molar-refractivity contribution in [1.29, 1.82) is 0 Å². The van der Waals surface area contributed by atoms with Crippen LogP contribution in [-0.2, 0) is 12.0 Å². The van der Waals surface area contributed by atoms with Crippen molar-refractivity contribution in [3.8, 4) is 0 Å². The summed E-state index contributed by atoms with van der Waals surface area (Å²) < 4.78 is 5.82. The summed E-state index contributed by atoms with van der Waals surface area (Å²) in [6.07, 6.45) is 1.89. The van der Waals surface area contributed by atoms with E-state index in [2.05, 4.69) is 52.1 Å². The molecule has 98 valence electrons. The van der Waals surface area contributed by atoms with Crippen LogP contribution in [0.1, 0.15) is 44.4 Å². The molecule has 2 aromatic rings. The number of aryl methyl sites for hydroxylation is 1. The number of benzene rings is 1. The van der Waals surface area contributed by atoms with Crippen LogP contribution >= 0.6 is 0 Å². The molecule has 0 atom stereocenters. The first-order valence-corrected chi connectivity index (χ1v) is 6.65. The second-order valence-electron chi connectivity index (χ2n) is 5.98. The Balaban J connectivity index is 2.58. The fourth-order valence-corrected chi connectivity index (χ4v) is 2.29.